The van der Waals surface area contributed by atoms with E-state index in [1.165, 1.54) is 0 Å². The van der Waals surface area contributed by atoms with Gasteiger partial charge in [-0.3, -0.25) is 9.59 Å². The molecule has 0 radical (unpaired) electrons. The van der Waals surface area contributed by atoms with E-state index in [2.05, 4.69) is 0 Å². The van der Waals surface area contributed by atoms with Crippen LogP contribution in [-0.4, -0.2) is 43.3 Å². The SMILES string of the molecule is COc1ccc(C(=O)C2CCN(C(=O)[C@@H]3CCC[C@@H]3CN)CC2)cc1.Cl. The van der Waals surface area contributed by atoms with Crippen molar-refractivity contribution in [2.75, 3.05) is 26.7 Å². The van der Waals surface area contributed by atoms with Crippen LogP contribution in [0.5, 0.6) is 5.75 Å². The van der Waals surface area contributed by atoms with E-state index in [9.17, 15) is 9.59 Å². The van der Waals surface area contributed by atoms with Crippen LogP contribution in [0.25, 0.3) is 0 Å². The highest BCUT2D eigenvalue weighted by molar-refractivity contribution is 5.98. The smallest absolute Gasteiger partial charge is 0.226 e. The summed E-state index contributed by atoms with van der Waals surface area (Å²) < 4.78 is 5.14. The number of likely N-dealkylation sites (tertiary alicyclic amines) is 1. The normalized spacial score (nSPS) is 23.4. The molecule has 2 atom stereocenters. The van der Waals surface area contributed by atoms with Crippen molar-refractivity contribution in [2.45, 2.75) is 32.1 Å². The number of carbonyl (C=O) groups excluding carboxylic acids is 2. The standard InChI is InChI=1S/C20H28N2O3.ClH/c1-25-17-7-5-14(6-8-17)19(23)15-9-11-22(12-10-15)20(24)18-4-2-3-16(18)13-21;/h5-8,15-16,18H,2-4,9-13,21H2,1H3;1H/t16-,18-;/m1./s1. The summed E-state index contributed by atoms with van der Waals surface area (Å²) in [6.45, 7) is 1.96. The molecule has 5 nitrogen and oxygen atoms in total. The van der Waals surface area contributed by atoms with Crippen molar-refractivity contribution in [3.63, 3.8) is 0 Å². The van der Waals surface area contributed by atoms with E-state index in [0.717, 1.165) is 43.4 Å². The molecule has 0 bridgehead atoms. The van der Waals surface area contributed by atoms with Gasteiger partial charge >= 0.3 is 0 Å². The lowest BCUT2D eigenvalue weighted by molar-refractivity contribution is -0.137. The highest BCUT2D eigenvalue weighted by atomic mass is 35.5. The van der Waals surface area contributed by atoms with Crippen molar-refractivity contribution < 1.29 is 14.3 Å². The second-order valence-electron chi connectivity index (χ2n) is 7.23. The Morgan fingerprint density at radius 3 is 2.35 bits per heavy atom. The Morgan fingerprint density at radius 1 is 1.12 bits per heavy atom. The van der Waals surface area contributed by atoms with Crippen molar-refractivity contribution in [3.05, 3.63) is 29.8 Å². The summed E-state index contributed by atoms with van der Waals surface area (Å²) in [6.07, 6.45) is 4.63. The van der Waals surface area contributed by atoms with E-state index in [1.807, 2.05) is 29.2 Å². The zero-order valence-electron chi connectivity index (χ0n) is 15.4. The summed E-state index contributed by atoms with van der Waals surface area (Å²) in [5.41, 5.74) is 6.54. The first-order valence-electron chi connectivity index (χ1n) is 9.31. The quantitative estimate of drug-likeness (QED) is 0.797. The number of rotatable bonds is 5. The fourth-order valence-electron chi connectivity index (χ4n) is 4.23. The maximum Gasteiger partial charge on any atom is 0.226 e. The highest BCUT2D eigenvalue weighted by Gasteiger charge is 2.36. The van der Waals surface area contributed by atoms with Gasteiger partial charge in [0, 0.05) is 30.5 Å². The first kappa shape index (κ1) is 20.7. The minimum Gasteiger partial charge on any atom is -0.497 e. The van der Waals surface area contributed by atoms with Gasteiger partial charge in [-0.2, -0.15) is 0 Å². The number of hydrogen-bond donors (Lipinski definition) is 1. The molecule has 0 unspecified atom stereocenters. The molecule has 144 valence electrons. The lowest BCUT2D eigenvalue weighted by atomic mass is 9.87. The van der Waals surface area contributed by atoms with E-state index < -0.39 is 0 Å². The third kappa shape index (κ3) is 4.38. The van der Waals surface area contributed by atoms with E-state index in [1.54, 1.807) is 7.11 Å². The summed E-state index contributed by atoms with van der Waals surface area (Å²) in [4.78, 5) is 27.4. The average molecular weight is 381 g/mol. The van der Waals surface area contributed by atoms with Crippen molar-refractivity contribution in [1.29, 1.82) is 0 Å². The molecule has 1 aromatic carbocycles. The number of nitrogens with zero attached hydrogens (tertiary/aromatic N) is 1. The van der Waals surface area contributed by atoms with Gasteiger partial charge < -0.3 is 15.4 Å². The van der Waals surface area contributed by atoms with E-state index in [0.29, 0.717) is 25.6 Å². The van der Waals surface area contributed by atoms with Crippen molar-refractivity contribution in [2.24, 2.45) is 23.5 Å². The van der Waals surface area contributed by atoms with Crippen molar-refractivity contribution >= 4 is 24.1 Å². The molecule has 1 amide bonds. The lowest BCUT2D eigenvalue weighted by Gasteiger charge is -2.34. The monoisotopic (exact) mass is 380 g/mol. The zero-order chi connectivity index (χ0) is 17.8. The fourth-order valence-corrected chi connectivity index (χ4v) is 4.23. The Kier molecular flexibility index (Phi) is 7.47. The van der Waals surface area contributed by atoms with Gasteiger partial charge in [-0.1, -0.05) is 6.42 Å². The summed E-state index contributed by atoms with van der Waals surface area (Å²) >= 11 is 0. The van der Waals surface area contributed by atoms with Gasteiger partial charge in [-0.25, -0.2) is 0 Å². The maximum absolute atomic E-state index is 12.8. The largest absolute Gasteiger partial charge is 0.497 e. The van der Waals surface area contributed by atoms with Crippen LogP contribution >= 0.6 is 12.4 Å². The first-order chi connectivity index (χ1) is 12.1. The molecule has 2 N–H and O–H groups in total. The summed E-state index contributed by atoms with van der Waals surface area (Å²) in [5, 5.41) is 0. The van der Waals surface area contributed by atoms with Crippen LogP contribution in [0.1, 0.15) is 42.5 Å². The van der Waals surface area contributed by atoms with E-state index in [-0.39, 0.29) is 35.9 Å². The molecular formula is C20H29ClN2O3. The van der Waals surface area contributed by atoms with Gasteiger partial charge in [0.25, 0.3) is 0 Å². The summed E-state index contributed by atoms with van der Waals surface area (Å²) in [7, 11) is 1.61. The number of halogens is 1. The maximum atomic E-state index is 12.8. The Labute approximate surface area is 161 Å². The number of ether oxygens (including phenoxy) is 1. The Balaban J connectivity index is 0.00000243. The molecule has 1 saturated carbocycles. The minimum atomic E-state index is 0. The van der Waals surface area contributed by atoms with Crippen LogP contribution in [0.2, 0.25) is 0 Å². The second kappa shape index (κ2) is 9.38. The van der Waals surface area contributed by atoms with Crippen LogP contribution in [0.4, 0.5) is 0 Å². The number of ketones is 1. The predicted molar refractivity (Wildman–Crippen MR) is 104 cm³/mol. The summed E-state index contributed by atoms with van der Waals surface area (Å²) in [5.74, 6) is 1.62. The Morgan fingerprint density at radius 2 is 1.77 bits per heavy atom. The molecule has 0 aromatic heterocycles. The highest BCUT2D eigenvalue weighted by Crippen LogP contribution is 2.33. The van der Waals surface area contributed by atoms with E-state index >= 15 is 0 Å². The van der Waals surface area contributed by atoms with Gasteiger partial charge in [-0.15, -0.1) is 12.4 Å². The van der Waals surface area contributed by atoms with Crippen LogP contribution in [0, 0.1) is 17.8 Å². The Hall–Kier alpha value is -1.59. The number of amides is 1. The summed E-state index contributed by atoms with van der Waals surface area (Å²) in [6, 6.07) is 7.28. The second-order valence-corrected chi connectivity index (χ2v) is 7.23. The van der Waals surface area contributed by atoms with Crippen molar-refractivity contribution in [1.82, 2.24) is 4.90 Å². The zero-order valence-corrected chi connectivity index (χ0v) is 16.2. The van der Waals surface area contributed by atoms with Gasteiger partial charge in [0.2, 0.25) is 5.91 Å². The molecular weight excluding hydrogens is 352 g/mol. The Bertz CT molecular complexity index is 612. The topological polar surface area (TPSA) is 72.6 Å². The van der Waals surface area contributed by atoms with Crippen LogP contribution in [0.15, 0.2) is 24.3 Å². The van der Waals surface area contributed by atoms with Gasteiger partial charge in [0.05, 0.1) is 7.11 Å². The number of piperidine rings is 1. The number of nitrogens with two attached hydrogens (primary N) is 1. The number of methoxy groups -OCH3 is 1. The molecule has 1 saturated heterocycles. The molecule has 1 aromatic rings. The average Bonchev–Trinajstić information content (AvgIpc) is 3.16. The first-order valence-corrected chi connectivity index (χ1v) is 9.31. The third-order valence-corrected chi connectivity index (χ3v) is 5.83. The molecule has 2 aliphatic rings. The predicted octanol–water partition coefficient (Wildman–Crippen LogP) is 2.91. The number of benzene rings is 1. The minimum absolute atomic E-state index is 0. The molecule has 1 aliphatic heterocycles. The number of carbonyl (C=O) groups is 2. The third-order valence-electron chi connectivity index (χ3n) is 5.83. The molecule has 1 aliphatic carbocycles. The van der Waals surface area contributed by atoms with Crippen LogP contribution in [-0.2, 0) is 4.79 Å². The lowest BCUT2D eigenvalue weighted by Crippen LogP contribution is -2.44. The van der Waals surface area contributed by atoms with Gasteiger partial charge in [-0.05, 0) is 62.4 Å². The number of hydrogen-bond acceptors (Lipinski definition) is 4. The molecule has 26 heavy (non-hydrogen) atoms. The van der Waals surface area contributed by atoms with Crippen LogP contribution < -0.4 is 10.5 Å². The molecule has 6 heteroatoms. The van der Waals surface area contributed by atoms with Crippen molar-refractivity contribution in [3.8, 4) is 5.75 Å². The van der Waals surface area contributed by atoms with E-state index in [4.69, 9.17) is 10.5 Å². The fraction of sp³-hybridized carbons (Fsp3) is 0.600. The van der Waals surface area contributed by atoms with Gasteiger partial charge in [0.15, 0.2) is 5.78 Å². The molecule has 2 fully saturated rings. The molecule has 1 heterocycles. The number of Topliss-reactive ketones (excluding diaryl/α,β-unsaturated/α-hetero) is 1. The molecule has 0 spiro atoms. The van der Waals surface area contributed by atoms with Crippen LogP contribution in [0.3, 0.4) is 0 Å². The van der Waals surface area contributed by atoms with Gasteiger partial charge in [0.1, 0.15) is 5.75 Å². The molecule has 3 rings (SSSR count).